The fraction of sp³-hybridized carbons (Fsp3) is 0.350. The molecule has 0 aromatic heterocycles. The average molecular weight is 360 g/mol. The van der Waals surface area contributed by atoms with Gasteiger partial charge in [0.1, 0.15) is 0 Å². The second-order valence-corrected chi connectivity index (χ2v) is 6.67. The van der Waals surface area contributed by atoms with E-state index in [1.807, 2.05) is 30.3 Å². The summed E-state index contributed by atoms with van der Waals surface area (Å²) in [6.07, 6.45) is 4.84. The van der Waals surface area contributed by atoms with E-state index in [0.717, 1.165) is 35.5 Å². The second kappa shape index (κ2) is 7.79. The summed E-state index contributed by atoms with van der Waals surface area (Å²) >= 11 is 6.42. The zero-order valence-corrected chi connectivity index (χ0v) is 15.2. The molecule has 1 aliphatic rings. The summed E-state index contributed by atoms with van der Waals surface area (Å²) in [5.41, 5.74) is 2.51. The molecule has 1 saturated carbocycles. The van der Waals surface area contributed by atoms with Crippen LogP contribution in [0, 0.1) is 0 Å². The van der Waals surface area contributed by atoms with E-state index in [1.54, 1.807) is 13.2 Å². The summed E-state index contributed by atoms with van der Waals surface area (Å²) in [7, 11) is 1.64. The molecule has 2 aromatic carbocycles. The summed E-state index contributed by atoms with van der Waals surface area (Å²) in [5, 5.41) is 3.31. The highest BCUT2D eigenvalue weighted by atomic mass is 35.5. The smallest absolute Gasteiger partial charge is 0.221 e. The Morgan fingerprint density at radius 2 is 1.88 bits per heavy atom. The predicted octanol–water partition coefficient (Wildman–Crippen LogP) is 5.30. The Morgan fingerprint density at radius 1 is 1.12 bits per heavy atom. The molecule has 1 amide bonds. The van der Waals surface area contributed by atoms with Crippen LogP contribution < -0.4 is 14.8 Å². The van der Waals surface area contributed by atoms with Crippen molar-refractivity contribution in [3.05, 3.63) is 41.4 Å². The molecule has 1 fully saturated rings. The molecule has 0 aliphatic heterocycles. The molecule has 4 nitrogen and oxygen atoms in total. The molecule has 0 heterocycles. The van der Waals surface area contributed by atoms with E-state index in [-0.39, 0.29) is 12.0 Å². The SMILES string of the molecule is COc1ccc(-c2ccc(NC(C)=O)cc2Cl)cc1OC1CCCC1. The first-order valence-electron chi connectivity index (χ1n) is 8.49. The van der Waals surface area contributed by atoms with Gasteiger partial charge in [0.2, 0.25) is 5.91 Å². The third kappa shape index (κ3) is 4.26. The van der Waals surface area contributed by atoms with Crippen molar-refractivity contribution in [2.24, 2.45) is 0 Å². The maximum atomic E-state index is 11.2. The van der Waals surface area contributed by atoms with Gasteiger partial charge in [-0.05, 0) is 55.5 Å². The molecule has 132 valence electrons. The van der Waals surface area contributed by atoms with Gasteiger partial charge in [0.05, 0.1) is 18.2 Å². The van der Waals surface area contributed by atoms with Crippen LogP contribution in [0.25, 0.3) is 11.1 Å². The molecule has 0 unspecified atom stereocenters. The molecule has 1 aliphatic carbocycles. The van der Waals surface area contributed by atoms with E-state index in [0.29, 0.717) is 10.7 Å². The molecular formula is C20H22ClNO3. The Hall–Kier alpha value is -2.20. The minimum Gasteiger partial charge on any atom is -0.493 e. The Balaban J connectivity index is 1.90. The summed E-state index contributed by atoms with van der Waals surface area (Å²) in [4.78, 5) is 11.2. The first-order chi connectivity index (χ1) is 12.1. The van der Waals surface area contributed by atoms with Gasteiger partial charge >= 0.3 is 0 Å². The lowest BCUT2D eigenvalue weighted by atomic mass is 10.0. The van der Waals surface area contributed by atoms with Crippen LogP contribution in [0.5, 0.6) is 11.5 Å². The Kier molecular flexibility index (Phi) is 5.49. The van der Waals surface area contributed by atoms with Crippen LogP contribution in [-0.4, -0.2) is 19.1 Å². The number of hydrogen-bond acceptors (Lipinski definition) is 3. The lowest BCUT2D eigenvalue weighted by Crippen LogP contribution is -2.11. The zero-order chi connectivity index (χ0) is 17.8. The predicted molar refractivity (Wildman–Crippen MR) is 101 cm³/mol. The second-order valence-electron chi connectivity index (χ2n) is 6.27. The molecule has 0 spiro atoms. The molecule has 5 heteroatoms. The van der Waals surface area contributed by atoms with Crippen molar-refractivity contribution < 1.29 is 14.3 Å². The summed E-state index contributed by atoms with van der Waals surface area (Å²) < 4.78 is 11.6. The quantitative estimate of drug-likeness (QED) is 0.788. The number of nitrogens with one attached hydrogen (secondary N) is 1. The fourth-order valence-electron chi connectivity index (χ4n) is 3.15. The van der Waals surface area contributed by atoms with Crippen LogP contribution in [0.15, 0.2) is 36.4 Å². The maximum Gasteiger partial charge on any atom is 0.221 e. The van der Waals surface area contributed by atoms with Crippen LogP contribution in [0.1, 0.15) is 32.6 Å². The van der Waals surface area contributed by atoms with Crippen LogP contribution in [0.2, 0.25) is 5.02 Å². The van der Waals surface area contributed by atoms with Crippen molar-refractivity contribution in [3.63, 3.8) is 0 Å². The van der Waals surface area contributed by atoms with Crippen LogP contribution in [0.4, 0.5) is 5.69 Å². The number of benzene rings is 2. The Bertz CT molecular complexity index is 770. The van der Waals surface area contributed by atoms with Crippen molar-refractivity contribution >= 4 is 23.2 Å². The van der Waals surface area contributed by atoms with Crippen molar-refractivity contribution in [2.75, 3.05) is 12.4 Å². The highest BCUT2D eigenvalue weighted by molar-refractivity contribution is 6.33. The fourth-order valence-corrected chi connectivity index (χ4v) is 3.44. The molecule has 0 radical (unpaired) electrons. The normalized spacial score (nSPS) is 14.4. The number of carbonyl (C=O) groups excluding carboxylic acids is 1. The number of carbonyl (C=O) groups is 1. The largest absolute Gasteiger partial charge is 0.493 e. The number of amides is 1. The summed E-state index contributed by atoms with van der Waals surface area (Å²) in [5.74, 6) is 1.34. The zero-order valence-electron chi connectivity index (χ0n) is 14.5. The van der Waals surface area contributed by atoms with Crippen LogP contribution >= 0.6 is 11.6 Å². The third-order valence-electron chi connectivity index (χ3n) is 4.36. The van der Waals surface area contributed by atoms with E-state index >= 15 is 0 Å². The molecule has 3 rings (SSSR count). The summed E-state index contributed by atoms with van der Waals surface area (Å²) in [6, 6.07) is 11.3. The van der Waals surface area contributed by atoms with Gasteiger partial charge in [0, 0.05) is 18.2 Å². The highest BCUT2D eigenvalue weighted by Gasteiger charge is 2.19. The van der Waals surface area contributed by atoms with Gasteiger partial charge in [-0.25, -0.2) is 0 Å². The number of anilines is 1. The van der Waals surface area contributed by atoms with E-state index in [2.05, 4.69) is 5.32 Å². The van der Waals surface area contributed by atoms with Gasteiger partial charge in [-0.15, -0.1) is 0 Å². The van der Waals surface area contributed by atoms with Gasteiger partial charge in [0.15, 0.2) is 11.5 Å². The molecule has 2 aromatic rings. The van der Waals surface area contributed by atoms with Crippen molar-refractivity contribution in [2.45, 2.75) is 38.7 Å². The first-order valence-corrected chi connectivity index (χ1v) is 8.87. The standard InChI is InChI=1S/C20H22ClNO3/c1-13(23)22-15-8-9-17(18(21)12-15)14-7-10-19(24-2)20(11-14)25-16-5-3-4-6-16/h7-12,16H,3-6H2,1-2H3,(H,22,23). The van der Waals surface area contributed by atoms with Gasteiger partial charge in [0.25, 0.3) is 0 Å². The number of hydrogen-bond donors (Lipinski definition) is 1. The molecule has 0 bridgehead atoms. The minimum atomic E-state index is -0.125. The topological polar surface area (TPSA) is 47.6 Å². The minimum absolute atomic E-state index is 0.125. The maximum absolute atomic E-state index is 11.2. The lowest BCUT2D eigenvalue weighted by molar-refractivity contribution is -0.114. The van der Waals surface area contributed by atoms with E-state index < -0.39 is 0 Å². The van der Waals surface area contributed by atoms with Crippen LogP contribution in [-0.2, 0) is 4.79 Å². The van der Waals surface area contributed by atoms with Gasteiger partial charge in [-0.1, -0.05) is 23.7 Å². The highest BCUT2D eigenvalue weighted by Crippen LogP contribution is 2.38. The molecule has 0 saturated heterocycles. The van der Waals surface area contributed by atoms with Crippen molar-refractivity contribution in [1.29, 1.82) is 0 Å². The molecular weight excluding hydrogens is 338 g/mol. The summed E-state index contributed by atoms with van der Waals surface area (Å²) in [6.45, 7) is 1.47. The van der Waals surface area contributed by atoms with Crippen LogP contribution in [0.3, 0.4) is 0 Å². The van der Waals surface area contributed by atoms with Gasteiger partial charge in [-0.2, -0.15) is 0 Å². The van der Waals surface area contributed by atoms with Gasteiger partial charge < -0.3 is 14.8 Å². The lowest BCUT2D eigenvalue weighted by Gasteiger charge is -2.17. The number of halogens is 1. The molecule has 0 atom stereocenters. The molecule has 25 heavy (non-hydrogen) atoms. The molecule has 1 N–H and O–H groups in total. The Morgan fingerprint density at radius 3 is 2.52 bits per heavy atom. The third-order valence-corrected chi connectivity index (χ3v) is 4.67. The van der Waals surface area contributed by atoms with Gasteiger partial charge in [-0.3, -0.25) is 4.79 Å². The number of ether oxygens (including phenoxy) is 2. The number of rotatable bonds is 5. The Labute approximate surface area is 153 Å². The van der Waals surface area contributed by atoms with E-state index in [1.165, 1.54) is 19.8 Å². The number of methoxy groups -OCH3 is 1. The van der Waals surface area contributed by atoms with E-state index in [4.69, 9.17) is 21.1 Å². The van der Waals surface area contributed by atoms with Crippen molar-refractivity contribution in [3.8, 4) is 22.6 Å². The first kappa shape index (κ1) is 17.6. The van der Waals surface area contributed by atoms with Crippen molar-refractivity contribution in [1.82, 2.24) is 0 Å². The van der Waals surface area contributed by atoms with E-state index in [9.17, 15) is 4.79 Å². The monoisotopic (exact) mass is 359 g/mol. The average Bonchev–Trinajstić information content (AvgIpc) is 3.07.